The van der Waals surface area contributed by atoms with E-state index in [0.717, 1.165) is 51.4 Å². The lowest BCUT2D eigenvalue weighted by Gasteiger charge is -2.32. The van der Waals surface area contributed by atoms with Crippen molar-refractivity contribution in [2.24, 2.45) is 0 Å². The number of aromatic nitrogens is 2. The number of nitrogens with zero attached hydrogens (tertiary/aromatic N) is 4. The Morgan fingerprint density at radius 3 is 2.59 bits per heavy atom. The second kappa shape index (κ2) is 9.26. The first kappa shape index (κ1) is 20.9. The van der Waals surface area contributed by atoms with Gasteiger partial charge in [-0.25, -0.2) is 9.97 Å². The summed E-state index contributed by atoms with van der Waals surface area (Å²) in [6, 6.07) is 10.7. The highest BCUT2D eigenvalue weighted by molar-refractivity contribution is 6.10. The van der Waals surface area contributed by atoms with Crippen molar-refractivity contribution in [1.82, 2.24) is 20.2 Å². The summed E-state index contributed by atoms with van der Waals surface area (Å²) in [5, 5.41) is 3.94. The van der Waals surface area contributed by atoms with Gasteiger partial charge in [-0.15, -0.1) is 0 Å². The summed E-state index contributed by atoms with van der Waals surface area (Å²) in [4.78, 5) is 26.7. The number of morpholine rings is 1. The normalized spacial score (nSPS) is 18.2. The fraction of sp³-hybridized carbons (Fsp3) is 0.458. The average molecular weight is 436 g/mol. The van der Waals surface area contributed by atoms with E-state index in [0.29, 0.717) is 35.6 Å². The monoisotopic (exact) mass is 435 g/mol. The number of fused-ring (bicyclic) bond motifs is 1. The number of aryl methyl sites for hydroxylation is 1. The molecule has 1 amide bonds. The van der Waals surface area contributed by atoms with Crippen LogP contribution < -0.4 is 10.2 Å². The van der Waals surface area contributed by atoms with E-state index in [2.05, 4.69) is 49.4 Å². The lowest BCUT2D eigenvalue weighted by molar-refractivity contribution is 0.0909. The van der Waals surface area contributed by atoms with Crippen molar-refractivity contribution in [1.29, 1.82) is 0 Å². The first-order valence-corrected chi connectivity index (χ1v) is 11.3. The zero-order chi connectivity index (χ0) is 21.9. The Balaban J connectivity index is 1.29. The molecule has 5 rings (SSSR count). The third-order valence-electron chi connectivity index (χ3n) is 6.35. The van der Waals surface area contributed by atoms with Gasteiger partial charge in [0.2, 0.25) is 5.71 Å². The number of likely N-dealkylation sites (tertiary alicyclic amines) is 1. The van der Waals surface area contributed by atoms with E-state index in [4.69, 9.17) is 9.15 Å². The third-order valence-corrected chi connectivity index (χ3v) is 6.35. The van der Waals surface area contributed by atoms with Crippen molar-refractivity contribution < 1.29 is 13.9 Å². The van der Waals surface area contributed by atoms with Crippen LogP contribution in [0.5, 0.6) is 0 Å². The predicted molar refractivity (Wildman–Crippen MR) is 122 cm³/mol. The maximum absolute atomic E-state index is 13.3. The maximum Gasteiger partial charge on any atom is 0.255 e. The van der Waals surface area contributed by atoms with E-state index in [1.807, 2.05) is 13.0 Å². The lowest BCUT2D eigenvalue weighted by Crippen LogP contribution is -2.44. The first-order valence-electron chi connectivity index (χ1n) is 11.3. The van der Waals surface area contributed by atoms with Crippen LogP contribution in [-0.4, -0.2) is 66.2 Å². The smallest absolute Gasteiger partial charge is 0.255 e. The number of amides is 1. The zero-order valence-corrected chi connectivity index (χ0v) is 18.4. The number of ether oxygens (including phenoxy) is 1. The van der Waals surface area contributed by atoms with Crippen LogP contribution >= 0.6 is 0 Å². The van der Waals surface area contributed by atoms with E-state index >= 15 is 0 Å². The predicted octanol–water partition coefficient (Wildman–Crippen LogP) is 2.76. The average Bonchev–Trinajstić information content (AvgIpc) is 3.17. The molecular formula is C24H29N5O3. The summed E-state index contributed by atoms with van der Waals surface area (Å²) in [5.41, 5.74) is 2.33. The van der Waals surface area contributed by atoms with Crippen LogP contribution in [0.15, 0.2) is 41.1 Å². The highest BCUT2D eigenvalue weighted by Gasteiger charge is 2.28. The van der Waals surface area contributed by atoms with Crippen LogP contribution in [0.2, 0.25) is 0 Å². The molecule has 1 aromatic carbocycles. The number of carbonyl (C=O) groups is 1. The number of furan rings is 1. The summed E-state index contributed by atoms with van der Waals surface area (Å²) in [6.45, 7) is 7.46. The molecular weight excluding hydrogens is 406 g/mol. The lowest BCUT2D eigenvalue weighted by atomic mass is 10.0. The Hall–Kier alpha value is -2.97. The van der Waals surface area contributed by atoms with Crippen LogP contribution in [0.25, 0.3) is 11.1 Å². The fourth-order valence-corrected chi connectivity index (χ4v) is 4.65. The first-order chi connectivity index (χ1) is 15.7. The van der Waals surface area contributed by atoms with E-state index in [-0.39, 0.29) is 11.9 Å². The second-order valence-electron chi connectivity index (χ2n) is 8.52. The fourth-order valence-electron chi connectivity index (χ4n) is 4.65. The standard InChI is InChI=1S/C24H29N5O3/c1-17-20(21-22(25-16-26-24(21)32-17)29-11-13-31-14-12-29)23(30)27-19-7-9-28(10-8-19)15-18-5-3-2-4-6-18/h2-6,16,19H,7-15H2,1H3,(H,27,30). The van der Waals surface area contributed by atoms with Gasteiger partial charge in [0.1, 0.15) is 17.9 Å². The molecule has 2 aliphatic rings. The number of benzene rings is 1. The highest BCUT2D eigenvalue weighted by Crippen LogP contribution is 2.31. The highest BCUT2D eigenvalue weighted by atomic mass is 16.5. The maximum atomic E-state index is 13.3. The minimum absolute atomic E-state index is 0.105. The van der Waals surface area contributed by atoms with Crippen LogP contribution in [0, 0.1) is 6.92 Å². The Labute approximate surface area is 187 Å². The summed E-state index contributed by atoms with van der Waals surface area (Å²) in [5.74, 6) is 1.22. The number of piperidine rings is 1. The van der Waals surface area contributed by atoms with Crippen LogP contribution in [-0.2, 0) is 11.3 Å². The molecule has 2 aromatic heterocycles. The largest absolute Gasteiger partial charge is 0.442 e. The molecule has 1 N–H and O–H groups in total. The minimum atomic E-state index is -0.105. The third kappa shape index (κ3) is 4.33. The topological polar surface area (TPSA) is 83.7 Å². The summed E-state index contributed by atoms with van der Waals surface area (Å²) >= 11 is 0. The van der Waals surface area contributed by atoms with Gasteiger partial charge < -0.3 is 19.4 Å². The van der Waals surface area contributed by atoms with Crippen molar-refractivity contribution in [3.05, 3.63) is 53.5 Å². The molecule has 4 heterocycles. The molecule has 32 heavy (non-hydrogen) atoms. The van der Waals surface area contributed by atoms with Crippen LogP contribution in [0.4, 0.5) is 5.82 Å². The summed E-state index contributed by atoms with van der Waals surface area (Å²) in [6.07, 6.45) is 3.36. The molecule has 0 spiro atoms. The summed E-state index contributed by atoms with van der Waals surface area (Å²) in [7, 11) is 0. The molecule has 2 aliphatic heterocycles. The molecule has 0 bridgehead atoms. The minimum Gasteiger partial charge on any atom is -0.442 e. The molecule has 0 atom stereocenters. The Bertz CT molecular complexity index is 1070. The van der Waals surface area contributed by atoms with E-state index in [1.165, 1.54) is 11.9 Å². The van der Waals surface area contributed by atoms with E-state index in [1.54, 1.807) is 0 Å². The molecule has 8 nitrogen and oxygen atoms in total. The van der Waals surface area contributed by atoms with Gasteiger partial charge in [0.25, 0.3) is 5.91 Å². The van der Waals surface area contributed by atoms with Gasteiger partial charge in [-0.3, -0.25) is 9.69 Å². The van der Waals surface area contributed by atoms with Crippen molar-refractivity contribution in [2.75, 3.05) is 44.3 Å². The Kier molecular flexibility index (Phi) is 6.05. The zero-order valence-electron chi connectivity index (χ0n) is 18.4. The quantitative estimate of drug-likeness (QED) is 0.660. The van der Waals surface area contributed by atoms with Crippen LogP contribution in [0.1, 0.15) is 34.5 Å². The van der Waals surface area contributed by atoms with Crippen molar-refractivity contribution in [3.8, 4) is 0 Å². The van der Waals surface area contributed by atoms with E-state index < -0.39 is 0 Å². The van der Waals surface area contributed by atoms with Crippen molar-refractivity contribution >= 4 is 22.8 Å². The SMILES string of the molecule is Cc1oc2ncnc(N3CCOCC3)c2c1C(=O)NC1CCN(Cc2ccccc2)CC1. The van der Waals surface area contributed by atoms with Crippen molar-refractivity contribution in [2.45, 2.75) is 32.4 Å². The summed E-state index contributed by atoms with van der Waals surface area (Å²) < 4.78 is 11.3. The number of hydrogen-bond donors (Lipinski definition) is 1. The van der Waals surface area contributed by atoms with Gasteiger partial charge >= 0.3 is 0 Å². The number of hydrogen-bond acceptors (Lipinski definition) is 7. The molecule has 168 valence electrons. The van der Waals surface area contributed by atoms with Crippen molar-refractivity contribution in [3.63, 3.8) is 0 Å². The van der Waals surface area contributed by atoms with Crippen LogP contribution in [0.3, 0.4) is 0 Å². The molecule has 0 aliphatic carbocycles. The van der Waals surface area contributed by atoms with Gasteiger partial charge in [0.05, 0.1) is 24.2 Å². The molecule has 0 saturated carbocycles. The number of nitrogens with one attached hydrogen (secondary N) is 1. The molecule has 0 radical (unpaired) electrons. The molecule has 3 aromatic rings. The Morgan fingerprint density at radius 2 is 1.84 bits per heavy atom. The molecule has 2 fully saturated rings. The molecule has 0 unspecified atom stereocenters. The van der Waals surface area contributed by atoms with Gasteiger partial charge in [0.15, 0.2) is 0 Å². The molecule has 2 saturated heterocycles. The molecule has 8 heteroatoms. The van der Waals surface area contributed by atoms with E-state index in [9.17, 15) is 4.79 Å². The second-order valence-corrected chi connectivity index (χ2v) is 8.52. The number of rotatable bonds is 5. The van der Waals surface area contributed by atoms with Gasteiger partial charge in [-0.1, -0.05) is 30.3 Å². The number of carbonyl (C=O) groups excluding carboxylic acids is 1. The van der Waals surface area contributed by atoms with Gasteiger partial charge in [-0.2, -0.15) is 0 Å². The Morgan fingerprint density at radius 1 is 1.09 bits per heavy atom. The van der Waals surface area contributed by atoms with Gasteiger partial charge in [-0.05, 0) is 25.3 Å². The van der Waals surface area contributed by atoms with Gasteiger partial charge in [0, 0.05) is 38.8 Å². The number of anilines is 1.